The van der Waals surface area contributed by atoms with Crippen LogP contribution in [0.1, 0.15) is 30.1 Å². The highest BCUT2D eigenvalue weighted by atomic mass is 16.5. The molecular formula is C17H20N2O3. The Balaban J connectivity index is 1.88. The van der Waals surface area contributed by atoms with E-state index < -0.39 is 0 Å². The van der Waals surface area contributed by atoms with Crippen molar-refractivity contribution in [3.05, 3.63) is 46.2 Å². The first-order valence-corrected chi connectivity index (χ1v) is 7.72. The van der Waals surface area contributed by atoms with Gasteiger partial charge in [0.15, 0.2) is 0 Å². The molecule has 1 aliphatic rings. The van der Waals surface area contributed by atoms with Crippen molar-refractivity contribution < 1.29 is 9.53 Å². The van der Waals surface area contributed by atoms with Crippen molar-refractivity contribution in [3.8, 4) is 0 Å². The van der Waals surface area contributed by atoms with E-state index >= 15 is 0 Å². The number of rotatable bonds is 3. The fourth-order valence-corrected chi connectivity index (χ4v) is 2.97. The molecule has 1 unspecified atom stereocenters. The van der Waals surface area contributed by atoms with Crippen LogP contribution in [0.25, 0.3) is 10.9 Å². The second-order valence-corrected chi connectivity index (χ2v) is 5.57. The predicted molar refractivity (Wildman–Crippen MR) is 85.1 cm³/mol. The van der Waals surface area contributed by atoms with Gasteiger partial charge in [-0.25, -0.2) is 0 Å². The lowest BCUT2D eigenvalue weighted by molar-refractivity contribution is 0.00718. The zero-order valence-electron chi connectivity index (χ0n) is 12.7. The van der Waals surface area contributed by atoms with Gasteiger partial charge in [-0.05, 0) is 37.3 Å². The van der Waals surface area contributed by atoms with Crippen molar-refractivity contribution in [1.29, 1.82) is 0 Å². The standard InChI is InChI=1S/C17H20N2O3/c1-2-22-13-7-5-9-19(11-13)17(21)14-10-12-6-3-4-8-15(12)18-16(14)20/h3-4,6,8,10,13H,2,5,7,9,11H2,1H3,(H,18,20). The maximum Gasteiger partial charge on any atom is 0.261 e. The quantitative estimate of drug-likeness (QED) is 0.945. The van der Waals surface area contributed by atoms with Gasteiger partial charge in [0.2, 0.25) is 0 Å². The molecule has 0 aliphatic carbocycles. The van der Waals surface area contributed by atoms with Crippen LogP contribution in [-0.4, -0.2) is 41.6 Å². The molecule has 22 heavy (non-hydrogen) atoms. The van der Waals surface area contributed by atoms with Crippen LogP contribution in [-0.2, 0) is 4.74 Å². The molecule has 0 radical (unpaired) electrons. The summed E-state index contributed by atoms with van der Waals surface area (Å²) in [5.74, 6) is -0.212. The average molecular weight is 300 g/mol. The number of nitrogens with zero attached hydrogens (tertiary/aromatic N) is 1. The van der Waals surface area contributed by atoms with E-state index in [1.165, 1.54) is 0 Å². The number of amides is 1. The number of aromatic amines is 1. The Labute approximate surface area is 128 Å². The van der Waals surface area contributed by atoms with Crippen LogP contribution < -0.4 is 5.56 Å². The zero-order chi connectivity index (χ0) is 15.5. The first kappa shape index (κ1) is 14.8. The molecule has 1 aromatic heterocycles. The lowest BCUT2D eigenvalue weighted by Crippen LogP contribution is -2.44. The van der Waals surface area contributed by atoms with Crippen LogP contribution in [0.3, 0.4) is 0 Å². The highest BCUT2D eigenvalue weighted by Crippen LogP contribution is 2.17. The average Bonchev–Trinajstić information content (AvgIpc) is 2.54. The van der Waals surface area contributed by atoms with Crippen LogP contribution in [0.15, 0.2) is 35.1 Å². The summed E-state index contributed by atoms with van der Waals surface area (Å²) in [5.41, 5.74) is 0.618. The van der Waals surface area contributed by atoms with Gasteiger partial charge < -0.3 is 14.6 Å². The molecule has 1 N–H and O–H groups in total. The summed E-state index contributed by atoms with van der Waals surface area (Å²) in [6.45, 7) is 3.83. The number of fused-ring (bicyclic) bond motifs is 1. The number of H-pyrrole nitrogens is 1. The van der Waals surface area contributed by atoms with Gasteiger partial charge in [-0.15, -0.1) is 0 Å². The minimum Gasteiger partial charge on any atom is -0.377 e. The van der Waals surface area contributed by atoms with Crippen molar-refractivity contribution in [2.45, 2.75) is 25.9 Å². The summed E-state index contributed by atoms with van der Waals surface area (Å²) >= 11 is 0. The molecule has 0 bridgehead atoms. The van der Waals surface area contributed by atoms with Gasteiger partial charge in [0.25, 0.3) is 11.5 Å². The number of piperidine rings is 1. The van der Waals surface area contributed by atoms with Crippen LogP contribution in [0, 0.1) is 0 Å². The lowest BCUT2D eigenvalue weighted by Gasteiger charge is -2.32. The Morgan fingerprint density at radius 2 is 2.23 bits per heavy atom. The predicted octanol–water partition coefficient (Wildman–Crippen LogP) is 2.17. The number of pyridine rings is 1. The largest absolute Gasteiger partial charge is 0.377 e. The number of benzene rings is 1. The summed E-state index contributed by atoms with van der Waals surface area (Å²) in [6, 6.07) is 9.15. The molecule has 2 heterocycles. The summed E-state index contributed by atoms with van der Waals surface area (Å²) in [5, 5.41) is 0.865. The number of carbonyl (C=O) groups is 1. The van der Waals surface area contributed by atoms with E-state index in [0.717, 1.165) is 23.7 Å². The Kier molecular flexibility index (Phi) is 4.24. The molecule has 3 rings (SSSR count). The summed E-state index contributed by atoms with van der Waals surface area (Å²) in [6.07, 6.45) is 1.94. The van der Waals surface area contributed by atoms with Gasteiger partial charge in [-0.2, -0.15) is 0 Å². The Bertz CT molecular complexity index is 736. The summed E-state index contributed by atoms with van der Waals surface area (Å²) in [7, 11) is 0. The molecule has 0 saturated carbocycles. The van der Waals surface area contributed by atoms with Crippen molar-refractivity contribution >= 4 is 16.8 Å². The highest BCUT2D eigenvalue weighted by molar-refractivity contribution is 5.97. The van der Waals surface area contributed by atoms with E-state index in [9.17, 15) is 9.59 Å². The van der Waals surface area contributed by atoms with E-state index in [2.05, 4.69) is 4.98 Å². The SMILES string of the molecule is CCOC1CCCN(C(=O)c2cc3ccccc3[nH]c2=O)C1. The molecular weight excluding hydrogens is 280 g/mol. The zero-order valence-corrected chi connectivity index (χ0v) is 12.7. The van der Waals surface area contributed by atoms with Gasteiger partial charge in [0.1, 0.15) is 5.56 Å². The number of carbonyl (C=O) groups excluding carboxylic acids is 1. The van der Waals surface area contributed by atoms with Crippen molar-refractivity contribution in [2.24, 2.45) is 0 Å². The minimum absolute atomic E-state index is 0.0715. The van der Waals surface area contributed by atoms with Crippen LogP contribution in [0.4, 0.5) is 0 Å². The third kappa shape index (κ3) is 2.90. The molecule has 1 fully saturated rings. The molecule has 5 nitrogen and oxygen atoms in total. The lowest BCUT2D eigenvalue weighted by atomic mass is 10.1. The van der Waals surface area contributed by atoms with Gasteiger partial charge in [0.05, 0.1) is 6.10 Å². The minimum atomic E-state index is -0.331. The third-order valence-electron chi connectivity index (χ3n) is 4.05. The molecule has 1 saturated heterocycles. The topological polar surface area (TPSA) is 62.4 Å². The number of ether oxygens (including phenoxy) is 1. The van der Waals surface area contributed by atoms with Crippen molar-refractivity contribution in [2.75, 3.05) is 19.7 Å². The van der Waals surface area contributed by atoms with Gasteiger partial charge >= 0.3 is 0 Å². The van der Waals surface area contributed by atoms with E-state index in [4.69, 9.17) is 4.74 Å². The number of aromatic nitrogens is 1. The number of hydrogen-bond acceptors (Lipinski definition) is 3. The fourth-order valence-electron chi connectivity index (χ4n) is 2.97. The van der Waals surface area contributed by atoms with E-state index in [0.29, 0.717) is 19.7 Å². The molecule has 0 spiro atoms. The molecule has 5 heteroatoms. The van der Waals surface area contributed by atoms with Crippen LogP contribution in [0.2, 0.25) is 0 Å². The van der Waals surface area contributed by atoms with Crippen LogP contribution >= 0.6 is 0 Å². The number of hydrogen-bond donors (Lipinski definition) is 1. The second kappa shape index (κ2) is 6.32. The highest BCUT2D eigenvalue weighted by Gasteiger charge is 2.26. The monoisotopic (exact) mass is 300 g/mol. The molecule has 1 aromatic carbocycles. The van der Waals surface area contributed by atoms with Gasteiger partial charge in [-0.3, -0.25) is 9.59 Å². The van der Waals surface area contributed by atoms with Gasteiger partial charge in [0, 0.05) is 25.2 Å². The normalized spacial score (nSPS) is 18.6. The second-order valence-electron chi connectivity index (χ2n) is 5.57. The van der Waals surface area contributed by atoms with E-state index in [1.807, 2.05) is 31.2 Å². The molecule has 116 valence electrons. The summed E-state index contributed by atoms with van der Waals surface area (Å²) in [4.78, 5) is 29.4. The Morgan fingerprint density at radius 3 is 3.05 bits per heavy atom. The molecule has 1 aliphatic heterocycles. The summed E-state index contributed by atoms with van der Waals surface area (Å²) < 4.78 is 5.62. The van der Waals surface area contributed by atoms with E-state index in [1.54, 1.807) is 11.0 Å². The van der Waals surface area contributed by atoms with Crippen molar-refractivity contribution in [3.63, 3.8) is 0 Å². The van der Waals surface area contributed by atoms with Crippen molar-refractivity contribution in [1.82, 2.24) is 9.88 Å². The molecule has 1 amide bonds. The number of nitrogens with one attached hydrogen (secondary N) is 1. The Morgan fingerprint density at radius 1 is 1.41 bits per heavy atom. The van der Waals surface area contributed by atoms with Gasteiger partial charge in [-0.1, -0.05) is 18.2 Å². The molecule has 2 aromatic rings. The maximum atomic E-state index is 12.7. The molecule has 1 atom stereocenters. The first-order valence-electron chi connectivity index (χ1n) is 7.72. The fraction of sp³-hybridized carbons (Fsp3) is 0.412. The van der Waals surface area contributed by atoms with Crippen LogP contribution in [0.5, 0.6) is 0 Å². The van der Waals surface area contributed by atoms with E-state index in [-0.39, 0.29) is 23.1 Å². The first-order chi connectivity index (χ1) is 10.7. The number of likely N-dealkylation sites (tertiary alicyclic amines) is 1. The maximum absolute atomic E-state index is 12.7. The third-order valence-corrected chi connectivity index (χ3v) is 4.05. The Hall–Kier alpha value is -2.14. The number of para-hydroxylation sites is 1. The smallest absolute Gasteiger partial charge is 0.261 e.